The van der Waals surface area contributed by atoms with Crippen LogP contribution in [0.2, 0.25) is 0 Å². The van der Waals surface area contributed by atoms with E-state index in [0.29, 0.717) is 5.82 Å². The van der Waals surface area contributed by atoms with Gasteiger partial charge in [-0.25, -0.2) is 0 Å². The molecule has 0 radical (unpaired) electrons. The molecule has 1 atom stereocenters. The third kappa shape index (κ3) is 3.28. The first kappa shape index (κ1) is 19.1. The van der Waals surface area contributed by atoms with Crippen LogP contribution in [0.3, 0.4) is 0 Å². The van der Waals surface area contributed by atoms with Crippen molar-refractivity contribution in [2.75, 3.05) is 20.1 Å². The Morgan fingerprint density at radius 2 is 2.17 bits per heavy atom. The van der Waals surface area contributed by atoms with Gasteiger partial charge >= 0.3 is 0 Å². The molecule has 0 aliphatic carbocycles. The predicted octanol–water partition coefficient (Wildman–Crippen LogP) is 2.70. The topological polar surface area (TPSA) is 67.1 Å². The number of hydrogen-bond donors (Lipinski definition) is 1. The van der Waals surface area contributed by atoms with Crippen molar-refractivity contribution in [3.05, 3.63) is 28.9 Å². The molecule has 8 heteroatoms. The first-order valence-electron chi connectivity index (χ1n) is 7.96. The van der Waals surface area contributed by atoms with Crippen LogP contribution in [0.15, 0.2) is 10.7 Å². The minimum Gasteiger partial charge on any atom is -0.337 e. The largest absolute Gasteiger partial charge is 0.337 e. The number of pyridine rings is 1. The summed E-state index contributed by atoms with van der Waals surface area (Å²) in [6.07, 6.45) is 5.23. The summed E-state index contributed by atoms with van der Waals surface area (Å²) in [6, 6.07) is 0.260. The second-order valence-electron chi connectivity index (χ2n) is 6.24. The van der Waals surface area contributed by atoms with E-state index in [4.69, 9.17) is 9.51 Å². The summed E-state index contributed by atoms with van der Waals surface area (Å²) < 4.78 is 5.57. The molecule has 0 spiro atoms. The van der Waals surface area contributed by atoms with Gasteiger partial charge in [-0.1, -0.05) is 5.16 Å². The standard InChI is InChI=1S/C16H21N5O.2ClH/c1-10-14(12-5-6-17-8-11(12)9-18-10)15-19-16(22-20-15)13-4-3-7-21(13)2;;/h9,13,17H,3-8H2,1-2H3;2*1H/t13-;;/m0../s1. The highest BCUT2D eigenvalue weighted by molar-refractivity contribution is 5.85. The molecule has 0 amide bonds. The van der Waals surface area contributed by atoms with E-state index >= 15 is 0 Å². The molecule has 0 saturated carbocycles. The summed E-state index contributed by atoms with van der Waals surface area (Å²) in [4.78, 5) is 11.5. The molecule has 4 rings (SSSR count). The highest BCUT2D eigenvalue weighted by atomic mass is 35.5. The summed E-state index contributed by atoms with van der Waals surface area (Å²) in [5.74, 6) is 1.43. The van der Waals surface area contributed by atoms with Gasteiger partial charge in [0.1, 0.15) is 0 Å². The summed E-state index contributed by atoms with van der Waals surface area (Å²) in [5, 5.41) is 7.65. The first-order chi connectivity index (χ1) is 10.7. The molecule has 6 nitrogen and oxygen atoms in total. The molecular formula is C16H23Cl2N5O. The van der Waals surface area contributed by atoms with Gasteiger partial charge in [-0.2, -0.15) is 4.98 Å². The van der Waals surface area contributed by atoms with Crippen LogP contribution in [0.1, 0.15) is 41.6 Å². The molecule has 1 fully saturated rings. The van der Waals surface area contributed by atoms with Crippen molar-refractivity contribution in [1.29, 1.82) is 0 Å². The van der Waals surface area contributed by atoms with Gasteiger partial charge in [-0.3, -0.25) is 9.88 Å². The second-order valence-corrected chi connectivity index (χ2v) is 6.24. The minimum absolute atomic E-state index is 0. The lowest BCUT2D eigenvalue weighted by Crippen LogP contribution is -2.25. The first-order valence-corrected chi connectivity index (χ1v) is 7.96. The molecule has 1 saturated heterocycles. The quantitative estimate of drug-likeness (QED) is 0.875. The number of aromatic nitrogens is 3. The Morgan fingerprint density at radius 1 is 1.33 bits per heavy atom. The SMILES string of the molecule is Cc1ncc2c(c1-c1noc([C@@H]3CCCN3C)n1)CCNC2.Cl.Cl. The number of aryl methyl sites for hydroxylation is 1. The fraction of sp³-hybridized carbons (Fsp3) is 0.562. The van der Waals surface area contributed by atoms with E-state index in [1.54, 1.807) is 0 Å². The third-order valence-corrected chi connectivity index (χ3v) is 4.80. The lowest BCUT2D eigenvalue weighted by atomic mass is 9.95. The van der Waals surface area contributed by atoms with E-state index in [9.17, 15) is 0 Å². The molecular weight excluding hydrogens is 349 g/mol. The van der Waals surface area contributed by atoms with Crippen LogP contribution in [0, 0.1) is 6.92 Å². The van der Waals surface area contributed by atoms with Crippen LogP contribution in [-0.4, -0.2) is 40.2 Å². The van der Waals surface area contributed by atoms with E-state index in [1.807, 2.05) is 13.1 Å². The number of hydrogen-bond acceptors (Lipinski definition) is 6. The summed E-state index contributed by atoms with van der Waals surface area (Å²) in [7, 11) is 2.12. The molecule has 4 heterocycles. The normalized spacial score (nSPS) is 20.2. The Morgan fingerprint density at radius 3 is 2.92 bits per heavy atom. The number of nitrogens with zero attached hydrogens (tertiary/aromatic N) is 4. The average molecular weight is 372 g/mol. The average Bonchev–Trinajstić information content (AvgIpc) is 3.16. The summed E-state index contributed by atoms with van der Waals surface area (Å²) in [6.45, 7) is 4.97. The van der Waals surface area contributed by atoms with Crippen molar-refractivity contribution in [3.63, 3.8) is 0 Å². The maximum atomic E-state index is 5.57. The van der Waals surface area contributed by atoms with E-state index in [2.05, 4.69) is 27.4 Å². The molecule has 2 aliphatic rings. The minimum atomic E-state index is 0. The zero-order chi connectivity index (χ0) is 15.1. The number of nitrogens with one attached hydrogen (secondary N) is 1. The molecule has 0 unspecified atom stereocenters. The van der Waals surface area contributed by atoms with Crippen LogP contribution in [0.25, 0.3) is 11.4 Å². The molecule has 2 aromatic heterocycles. The fourth-order valence-electron chi connectivity index (χ4n) is 3.56. The van der Waals surface area contributed by atoms with Crippen LogP contribution in [0.4, 0.5) is 0 Å². The predicted molar refractivity (Wildman–Crippen MR) is 96.8 cm³/mol. The Labute approximate surface area is 154 Å². The molecule has 2 aromatic rings. The van der Waals surface area contributed by atoms with Crippen molar-refractivity contribution in [2.24, 2.45) is 0 Å². The highest BCUT2D eigenvalue weighted by Crippen LogP contribution is 2.33. The lowest BCUT2D eigenvalue weighted by Gasteiger charge is -2.19. The van der Waals surface area contributed by atoms with Gasteiger partial charge < -0.3 is 9.84 Å². The van der Waals surface area contributed by atoms with Crippen molar-refractivity contribution in [3.8, 4) is 11.4 Å². The zero-order valence-corrected chi connectivity index (χ0v) is 15.5. The number of rotatable bonds is 2. The van der Waals surface area contributed by atoms with Gasteiger partial charge in [0.05, 0.1) is 6.04 Å². The van der Waals surface area contributed by atoms with Crippen LogP contribution in [-0.2, 0) is 13.0 Å². The fourth-order valence-corrected chi connectivity index (χ4v) is 3.56. The summed E-state index contributed by atoms with van der Waals surface area (Å²) in [5.41, 5.74) is 4.61. The Balaban J connectivity index is 0.00000104. The monoisotopic (exact) mass is 371 g/mol. The Bertz CT molecular complexity index is 706. The molecule has 0 aromatic carbocycles. The van der Waals surface area contributed by atoms with Crippen LogP contribution >= 0.6 is 24.8 Å². The Kier molecular flexibility index (Phi) is 6.20. The number of halogens is 2. The van der Waals surface area contributed by atoms with Gasteiger partial charge in [0.25, 0.3) is 0 Å². The van der Waals surface area contributed by atoms with Crippen molar-refractivity contribution < 1.29 is 4.52 Å². The smallest absolute Gasteiger partial charge is 0.244 e. The molecule has 0 bridgehead atoms. The molecule has 2 aliphatic heterocycles. The Hall–Kier alpha value is -1.21. The van der Waals surface area contributed by atoms with Crippen LogP contribution < -0.4 is 5.32 Å². The lowest BCUT2D eigenvalue weighted by molar-refractivity contribution is 0.245. The van der Waals surface area contributed by atoms with Gasteiger partial charge in [0.15, 0.2) is 0 Å². The van der Waals surface area contributed by atoms with Crippen LogP contribution in [0.5, 0.6) is 0 Å². The van der Waals surface area contributed by atoms with Crippen molar-refractivity contribution in [2.45, 2.75) is 38.8 Å². The summed E-state index contributed by atoms with van der Waals surface area (Å²) >= 11 is 0. The second kappa shape index (κ2) is 7.78. The van der Waals surface area contributed by atoms with Gasteiger partial charge in [0.2, 0.25) is 11.7 Å². The maximum Gasteiger partial charge on any atom is 0.244 e. The van der Waals surface area contributed by atoms with E-state index in [0.717, 1.165) is 49.6 Å². The third-order valence-electron chi connectivity index (χ3n) is 4.80. The van der Waals surface area contributed by atoms with E-state index in [1.165, 1.54) is 17.5 Å². The van der Waals surface area contributed by atoms with E-state index < -0.39 is 0 Å². The van der Waals surface area contributed by atoms with Crippen molar-refractivity contribution in [1.82, 2.24) is 25.3 Å². The maximum absolute atomic E-state index is 5.57. The molecule has 132 valence electrons. The van der Waals surface area contributed by atoms with Gasteiger partial charge in [-0.05, 0) is 57.5 Å². The van der Waals surface area contributed by atoms with Gasteiger partial charge in [-0.15, -0.1) is 24.8 Å². The highest BCUT2D eigenvalue weighted by Gasteiger charge is 2.29. The van der Waals surface area contributed by atoms with Crippen molar-refractivity contribution >= 4 is 24.8 Å². The molecule has 1 N–H and O–H groups in total. The van der Waals surface area contributed by atoms with E-state index in [-0.39, 0.29) is 30.9 Å². The van der Waals surface area contributed by atoms with Gasteiger partial charge in [0, 0.05) is 24.0 Å². The number of fused-ring (bicyclic) bond motifs is 1. The number of likely N-dealkylation sites (tertiary alicyclic amines) is 1. The zero-order valence-electron chi connectivity index (χ0n) is 13.9. The molecule has 24 heavy (non-hydrogen) atoms.